The van der Waals surface area contributed by atoms with Gasteiger partial charge in [-0.15, -0.1) is 5.10 Å². The monoisotopic (exact) mass is 425 g/mol. The van der Waals surface area contributed by atoms with E-state index in [1.807, 2.05) is 41.1 Å². The maximum atomic E-state index is 13.2. The van der Waals surface area contributed by atoms with E-state index in [0.29, 0.717) is 6.54 Å². The Hall–Kier alpha value is -3.00. The van der Waals surface area contributed by atoms with Gasteiger partial charge in [0.25, 0.3) is 0 Å². The lowest BCUT2D eigenvalue weighted by atomic mass is 10.1. The first kappa shape index (κ1) is 21.2. The SMILES string of the molecule is CCC[C@@H](c1nnnn1Cc1ccc(OC)cc1)[NH+]1CCN(c2ccc(F)cc2)CC1. The van der Waals surface area contributed by atoms with Crippen molar-refractivity contribution in [3.63, 3.8) is 0 Å². The summed E-state index contributed by atoms with van der Waals surface area (Å²) in [6.45, 7) is 6.71. The van der Waals surface area contributed by atoms with Gasteiger partial charge in [0.1, 0.15) is 17.6 Å². The molecule has 0 unspecified atom stereocenters. The van der Waals surface area contributed by atoms with Crippen LogP contribution in [-0.4, -0.2) is 53.5 Å². The molecular formula is C23H30FN6O+. The number of halogens is 1. The molecule has 7 nitrogen and oxygen atoms in total. The van der Waals surface area contributed by atoms with Crippen LogP contribution >= 0.6 is 0 Å². The summed E-state index contributed by atoms with van der Waals surface area (Å²) >= 11 is 0. The van der Waals surface area contributed by atoms with Gasteiger partial charge >= 0.3 is 0 Å². The second-order valence-electron chi connectivity index (χ2n) is 8.01. The summed E-state index contributed by atoms with van der Waals surface area (Å²) in [6.07, 6.45) is 2.11. The van der Waals surface area contributed by atoms with Gasteiger partial charge in [-0.2, -0.15) is 0 Å². The highest BCUT2D eigenvalue weighted by atomic mass is 19.1. The number of nitrogens with one attached hydrogen (secondary N) is 1. The summed E-state index contributed by atoms with van der Waals surface area (Å²) in [6, 6.07) is 15.1. The molecule has 0 spiro atoms. The summed E-state index contributed by atoms with van der Waals surface area (Å²) in [5, 5.41) is 12.7. The number of methoxy groups -OCH3 is 1. The zero-order chi connectivity index (χ0) is 21.6. The summed E-state index contributed by atoms with van der Waals surface area (Å²) < 4.78 is 20.4. The molecule has 8 heteroatoms. The first-order valence-corrected chi connectivity index (χ1v) is 10.9. The summed E-state index contributed by atoms with van der Waals surface area (Å²) in [7, 11) is 1.67. The van der Waals surface area contributed by atoms with Crippen molar-refractivity contribution in [3.8, 4) is 5.75 Å². The van der Waals surface area contributed by atoms with Crippen LogP contribution in [0.25, 0.3) is 0 Å². The molecule has 2 heterocycles. The molecule has 0 bridgehead atoms. The van der Waals surface area contributed by atoms with E-state index in [1.54, 1.807) is 7.11 Å². The van der Waals surface area contributed by atoms with Gasteiger partial charge in [-0.05, 0) is 52.4 Å². The Bertz CT molecular complexity index is 951. The predicted octanol–water partition coefficient (Wildman–Crippen LogP) is 2.12. The van der Waals surface area contributed by atoms with Crippen LogP contribution in [0.1, 0.15) is 37.2 Å². The molecule has 0 aliphatic carbocycles. The smallest absolute Gasteiger partial charge is 0.209 e. The highest BCUT2D eigenvalue weighted by Crippen LogP contribution is 2.18. The zero-order valence-corrected chi connectivity index (χ0v) is 18.2. The van der Waals surface area contributed by atoms with Crippen LogP contribution in [-0.2, 0) is 6.54 Å². The molecule has 1 atom stereocenters. The Morgan fingerprint density at radius 2 is 1.77 bits per heavy atom. The Morgan fingerprint density at radius 3 is 2.42 bits per heavy atom. The second kappa shape index (κ2) is 9.87. The van der Waals surface area contributed by atoms with Crippen molar-refractivity contribution in [1.29, 1.82) is 0 Å². The molecule has 1 fully saturated rings. The molecule has 164 valence electrons. The Balaban J connectivity index is 1.45. The molecule has 1 N–H and O–H groups in total. The van der Waals surface area contributed by atoms with E-state index in [2.05, 4.69) is 27.3 Å². The lowest BCUT2D eigenvalue weighted by Gasteiger charge is -2.37. The van der Waals surface area contributed by atoms with Crippen molar-refractivity contribution >= 4 is 5.69 Å². The van der Waals surface area contributed by atoms with Gasteiger partial charge < -0.3 is 14.5 Å². The second-order valence-corrected chi connectivity index (χ2v) is 8.01. The third-order valence-electron chi connectivity index (χ3n) is 6.03. The van der Waals surface area contributed by atoms with Crippen LogP contribution < -0.4 is 14.5 Å². The number of rotatable bonds is 8. The first-order chi connectivity index (χ1) is 15.2. The largest absolute Gasteiger partial charge is 0.497 e. The number of aromatic nitrogens is 4. The number of tetrazole rings is 1. The van der Waals surface area contributed by atoms with Crippen LogP contribution in [0, 0.1) is 5.82 Å². The van der Waals surface area contributed by atoms with Gasteiger partial charge in [0.2, 0.25) is 5.82 Å². The highest BCUT2D eigenvalue weighted by molar-refractivity contribution is 5.46. The summed E-state index contributed by atoms with van der Waals surface area (Å²) in [5.41, 5.74) is 2.22. The molecule has 2 aromatic carbocycles. The summed E-state index contributed by atoms with van der Waals surface area (Å²) in [4.78, 5) is 3.83. The summed E-state index contributed by atoms with van der Waals surface area (Å²) in [5.74, 6) is 1.59. The van der Waals surface area contributed by atoms with E-state index in [9.17, 15) is 4.39 Å². The Kier molecular flexibility index (Phi) is 6.76. The van der Waals surface area contributed by atoms with E-state index in [1.165, 1.54) is 17.0 Å². The fourth-order valence-electron chi connectivity index (χ4n) is 4.33. The Morgan fingerprint density at radius 1 is 1.06 bits per heavy atom. The quantitative estimate of drug-likeness (QED) is 0.599. The van der Waals surface area contributed by atoms with Crippen molar-refractivity contribution < 1.29 is 14.0 Å². The predicted molar refractivity (Wildman–Crippen MR) is 117 cm³/mol. The fourth-order valence-corrected chi connectivity index (χ4v) is 4.33. The van der Waals surface area contributed by atoms with Gasteiger partial charge in [-0.1, -0.05) is 25.5 Å². The molecule has 1 aromatic heterocycles. The lowest BCUT2D eigenvalue weighted by Crippen LogP contribution is -3.15. The topological polar surface area (TPSA) is 60.5 Å². The normalized spacial score (nSPS) is 15.8. The molecule has 31 heavy (non-hydrogen) atoms. The minimum Gasteiger partial charge on any atom is -0.497 e. The minimum atomic E-state index is -0.195. The minimum absolute atomic E-state index is 0.195. The Labute approximate surface area is 182 Å². The van der Waals surface area contributed by atoms with Gasteiger partial charge in [-0.3, -0.25) is 0 Å². The van der Waals surface area contributed by atoms with E-state index < -0.39 is 0 Å². The fraction of sp³-hybridized carbons (Fsp3) is 0.435. The van der Waals surface area contributed by atoms with Gasteiger partial charge in [0, 0.05) is 12.1 Å². The number of benzene rings is 2. The number of ether oxygens (including phenoxy) is 1. The van der Waals surface area contributed by atoms with Gasteiger partial charge in [0.05, 0.1) is 39.8 Å². The third kappa shape index (κ3) is 5.02. The van der Waals surface area contributed by atoms with Crippen LogP contribution in [0.4, 0.5) is 10.1 Å². The lowest BCUT2D eigenvalue weighted by molar-refractivity contribution is -0.933. The molecule has 1 aliphatic heterocycles. The number of quaternary nitrogens is 1. The van der Waals surface area contributed by atoms with Crippen molar-refractivity contribution in [1.82, 2.24) is 20.2 Å². The standard InChI is InChI=1S/C23H29FN6O/c1-3-4-22(29-15-13-28(14-16-29)20-9-7-19(24)8-10-20)23-25-26-27-30(23)17-18-5-11-21(31-2)12-6-18/h5-12,22H,3-4,13-17H2,1-2H3/p+1/t22-/m0/s1. The molecule has 1 saturated heterocycles. The average molecular weight is 426 g/mol. The molecule has 0 amide bonds. The van der Waals surface area contributed by atoms with E-state index in [4.69, 9.17) is 4.74 Å². The van der Waals surface area contributed by atoms with Gasteiger partial charge in [0.15, 0.2) is 0 Å². The van der Waals surface area contributed by atoms with Crippen LogP contribution in [0.5, 0.6) is 5.75 Å². The number of hydrogen-bond acceptors (Lipinski definition) is 5. The van der Waals surface area contributed by atoms with E-state index in [0.717, 1.165) is 61.8 Å². The maximum Gasteiger partial charge on any atom is 0.209 e. The number of nitrogens with zero attached hydrogens (tertiary/aromatic N) is 5. The first-order valence-electron chi connectivity index (χ1n) is 10.9. The molecular weight excluding hydrogens is 395 g/mol. The van der Waals surface area contributed by atoms with Crippen LogP contribution in [0.2, 0.25) is 0 Å². The van der Waals surface area contributed by atoms with Crippen molar-refractivity contribution in [2.24, 2.45) is 0 Å². The molecule has 4 rings (SSSR count). The van der Waals surface area contributed by atoms with Crippen molar-refractivity contribution in [2.45, 2.75) is 32.4 Å². The maximum absolute atomic E-state index is 13.2. The molecule has 0 saturated carbocycles. The molecule has 0 radical (unpaired) electrons. The van der Waals surface area contributed by atoms with Gasteiger partial charge in [-0.25, -0.2) is 9.07 Å². The molecule has 3 aromatic rings. The number of hydrogen-bond donors (Lipinski definition) is 1. The van der Waals surface area contributed by atoms with E-state index in [-0.39, 0.29) is 11.9 Å². The van der Waals surface area contributed by atoms with Crippen LogP contribution in [0.15, 0.2) is 48.5 Å². The number of piperazine rings is 1. The van der Waals surface area contributed by atoms with Crippen LogP contribution in [0.3, 0.4) is 0 Å². The average Bonchev–Trinajstić information content (AvgIpc) is 3.26. The van der Waals surface area contributed by atoms with Crippen molar-refractivity contribution in [3.05, 3.63) is 65.7 Å². The van der Waals surface area contributed by atoms with E-state index >= 15 is 0 Å². The van der Waals surface area contributed by atoms with Crippen molar-refractivity contribution in [2.75, 3.05) is 38.2 Å². The molecule has 1 aliphatic rings. The zero-order valence-electron chi connectivity index (χ0n) is 18.2. The highest BCUT2D eigenvalue weighted by Gasteiger charge is 2.32. The number of anilines is 1. The third-order valence-corrected chi connectivity index (χ3v) is 6.03.